The highest BCUT2D eigenvalue weighted by atomic mass is 32.2. The molecular weight excluding hydrogens is 212 g/mol. The molecule has 0 saturated heterocycles. The van der Waals surface area contributed by atoms with Gasteiger partial charge in [-0.1, -0.05) is 13.3 Å². The van der Waals surface area contributed by atoms with E-state index < -0.39 is 10.0 Å². The third-order valence-corrected chi connectivity index (χ3v) is 4.41. The second-order valence-electron chi connectivity index (χ2n) is 4.42. The molecule has 0 aromatic carbocycles. The van der Waals surface area contributed by atoms with E-state index in [-0.39, 0.29) is 0 Å². The standard InChI is InChI=1S/C10H22N2O2S/c1-2-9(5-6-11)7-12-15(13,14)8-10-3-4-10/h9-10,12H,2-8,11H2,1H3. The topological polar surface area (TPSA) is 72.2 Å². The van der Waals surface area contributed by atoms with Gasteiger partial charge in [0.25, 0.3) is 0 Å². The molecule has 1 saturated carbocycles. The third kappa shape index (κ3) is 5.49. The molecule has 0 bridgehead atoms. The van der Waals surface area contributed by atoms with Crippen molar-refractivity contribution in [3.63, 3.8) is 0 Å². The lowest BCUT2D eigenvalue weighted by atomic mass is 10.0. The van der Waals surface area contributed by atoms with Crippen molar-refractivity contribution in [3.05, 3.63) is 0 Å². The number of nitrogens with two attached hydrogens (primary N) is 1. The summed E-state index contributed by atoms with van der Waals surface area (Å²) in [5.74, 6) is 1.10. The summed E-state index contributed by atoms with van der Waals surface area (Å²) in [7, 11) is -3.03. The summed E-state index contributed by atoms with van der Waals surface area (Å²) in [5, 5.41) is 0. The first kappa shape index (κ1) is 12.9. The van der Waals surface area contributed by atoms with E-state index >= 15 is 0 Å². The van der Waals surface area contributed by atoms with Crippen LogP contribution in [0.15, 0.2) is 0 Å². The summed E-state index contributed by atoms with van der Waals surface area (Å²) in [5.41, 5.74) is 5.46. The summed E-state index contributed by atoms with van der Waals surface area (Å²) in [6.45, 7) is 3.24. The molecule has 0 aliphatic heterocycles. The average molecular weight is 234 g/mol. The van der Waals surface area contributed by atoms with Gasteiger partial charge in [0.05, 0.1) is 5.75 Å². The van der Waals surface area contributed by atoms with Crippen molar-refractivity contribution in [2.75, 3.05) is 18.8 Å². The summed E-state index contributed by atoms with van der Waals surface area (Å²) < 4.78 is 25.8. The van der Waals surface area contributed by atoms with E-state index in [2.05, 4.69) is 11.6 Å². The zero-order valence-corrected chi connectivity index (χ0v) is 10.2. The summed E-state index contributed by atoms with van der Waals surface area (Å²) >= 11 is 0. The fraction of sp³-hybridized carbons (Fsp3) is 1.00. The van der Waals surface area contributed by atoms with E-state index in [4.69, 9.17) is 5.73 Å². The Morgan fingerprint density at radius 1 is 1.47 bits per heavy atom. The summed E-state index contributed by atoms with van der Waals surface area (Å²) in [6.07, 6.45) is 4.01. The van der Waals surface area contributed by atoms with Crippen LogP contribution in [0.2, 0.25) is 0 Å². The predicted octanol–water partition coefficient (Wildman–Crippen LogP) is 0.691. The van der Waals surface area contributed by atoms with Gasteiger partial charge in [-0.05, 0) is 37.6 Å². The van der Waals surface area contributed by atoms with E-state index in [9.17, 15) is 8.42 Å². The zero-order valence-electron chi connectivity index (χ0n) is 9.41. The molecular formula is C10H22N2O2S. The highest BCUT2D eigenvalue weighted by molar-refractivity contribution is 7.89. The number of rotatable bonds is 8. The summed E-state index contributed by atoms with van der Waals surface area (Å²) in [4.78, 5) is 0. The molecule has 3 N–H and O–H groups in total. The van der Waals surface area contributed by atoms with Crippen LogP contribution in [-0.4, -0.2) is 27.3 Å². The molecule has 0 heterocycles. The molecule has 1 fully saturated rings. The minimum atomic E-state index is -3.03. The van der Waals surface area contributed by atoms with Gasteiger partial charge in [0.15, 0.2) is 0 Å². The number of hydrogen-bond donors (Lipinski definition) is 2. The summed E-state index contributed by atoms with van der Waals surface area (Å²) in [6, 6.07) is 0. The molecule has 1 rings (SSSR count). The van der Waals surface area contributed by atoms with E-state index in [0.29, 0.717) is 30.7 Å². The quantitative estimate of drug-likeness (QED) is 0.649. The van der Waals surface area contributed by atoms with E-state index in [0.717, 1.165) is 25.7 Å². The molecule has 0 spiro atoms. The maximum atomic E-state index is 11.6. The molecule has 0 amide bonds. The van der Waals surface area contributed by atoms with Crippen molar-refractivity contribution in [2.45, 2.75) is 32.6 Å². The maximum Gasteiger partial charge on any atom is 0.211 e. The molecule has 0 aromatic rings. The second kappa shape index (κ2) is 5.82. The van der Waals surface area contributed by atoms with Crippen LogP contribution in [0, 0.1) is 11.8 Å². The van der Waals surface area contributed by atoms with Crippen molar-refractivity contribution < 1.29 is 8.42 Å². The fourth-order valence-corrected chi connectivity index (χ4v) is 3.15. The second-order valence-corrected chi connectivity index (χ2v) is 6.28. The molecule has 5 heteroatoms. The molecule has 1 aliphatic rings. The van der Waals surface area contributed by atoms with Crippen molar-refractivity contribution in [2.24, 2.45) is 17.6 Å². The maximum absolute atomic E-state index is 11.6. The van der Waals surface area contributed by atoms with Crippen LogP contribution < -0.4 is 10.5 Å². The van der Waals surface area contributed by atoms with Crippen molar-refractivity contribution in [3.8, 4) is 0 Å². The molecule has 4 nitrogen and oxygen atoms in total. The van der Waals surface area contributed by atoms with Crippen molar-refractivity contribution in [1.82, 2.24) is 4.72 Å². The van der Waals surface area contributed by atoms with Gasteiger partial charge in [-0.15, -0.1) is 0 Å². The Morgan fingerprint density at radius 2 is 2.13 bits per heavy atom. The Hall–Kier alpha value is -0.130. The van der Waals surface area contributed by atoms with Crippen LogP contribution in [0.5, 0.6) is 0 Å². The lowest BCUT2D eigenvalue weighted by Gasteiger charge is -2.14. The minimum absolute atomic E-state index is 0.312. The van der Waals surface area contributed by atoms with Crippen LogP contribution in [0.25, 0.3) is 0 Å². The van der Waals surface area contributed by atoms with Gasteiger partial charge in [-0.3, -0.25) is 0 Å². The molecule has 1 aliphatic carbocycles. The Morgan fingerprint density at radius 3 is 2.60 bits per heavy atom. The van der Waals surface area contributed by atoms with Crippen LogP contribution in [0.3, 0.4) is 0 Å². The molecule has 0 aromatic heterocycles. The van der Waals surface area contributed by atoms with Crippen LogP contribution in [-0.2, 0) is 10.0 Å². The largest absolute Gasteiger partial charge is 0.330 e. The molecule has 1 unspecified atom stereocenters. The lowest BCUT2D eigenvalue weighted by molar-refractivity contribution is 0.465. The highest BCUT2D eigenvalue weighted by Gasteiger charge is 2.27. The number of sulfonamides is 1. The van der Waals surface area contributed by atoms with E-state index in [1.165, 1.54) is 0 Å². The van der Waals surface area contributed by atoms with Crippen molar-refractivity contribution >= 4 is 10.0 Å². The van der Waals surface area contributed by atoms with Gasteiger partial charge < -0.3 is 5.73 Å². The van der Waals surface area contributed by atoms with Gasteiger partial charge in [-0.25, -0.2) is 13.1 Å². The van der Waals surface area contributed by atoms with Gasteiger partial charge in [0, 0.05) is 6.54 Å². The smallest absolute Gasteiger partial charge is 0.211 e. The van der Waals surface area contributed by atoms with E-state index in [1.807, 2.05) is 0 Å². The zero-order chi connectivity index (χ0) is 11.3. The van der Waals surface area contributed by atoms with Gasteiger partial charge in [-0.2, -0.15) is 0 Å². The fourth-order valence-electron chi connectivity index (χ4n) is 1.58. The molecule has 0 radical (unpaired) electrons. The molecule has 1 atom stereocenters. The Bertz CT molecular complexity index is 273. The van der Waals surface area contributed by atoms with E-state index in [1.54, 1.807) is 0 Å². The monoisotopic (exact) mass is 234 g/mol. The highest BCUT2D eigenvalue weighted by Crippen LogP contribution is 2.29. The van der Waals surface area contributed by atoms with Crippen LogP contribution in [0.4, 0.5) is 0 Å². The Kier molecular flexibility index (Phi) is 5.02. The first-order chi connectivity index (χ1) is 7.07. The number of hydrogen-bond acceptors (Lipinski definition) is 3. The van der Waals surface area contributed by atoms with Crippen LogP contribution in [0.1, 0.15) is 32.6 Å². The normalized spacial score (nSPS) is 19.1. The van der Waals surface area contributed by atoms with Gasteiger partial charge in [0.1, 0.15) is 0 Å². The number of nitrogens with one attached hydrogen (secondary N) is 1. The van der Waals surface area contributed by atoms with Crippen molar-refractivity contribution in [1.29, 1.82) is 0 Å². The van der Waals surface area contributed by atoms with Gasteiger partial charge in [0.2, 0.25) is 10.0 Å². The SMILES string of the molecule is CCC(CCN)CNS(=O)(=O)CC1CC1. The molecule has 90 valence electrons. The van der Waals surface area contributed by atoms with Crippen LogP contribution >= 0.6 is 0 Å². The Labute approximate surface area is 92.7 Å². The molecule has 15 heavy (non-hydrogen) atoms. The first-order valence-corrected chi connectivity index (χ1v) is 7.40. The van der Waals surface area contributed by atoms with Gasteiger partial charge >= 0.3 is 0 Å². The first-order valence-electron chi connectivity index (χ1n) is 5.74. The average Bonchev–Trinajstić information content (AvgIpc) is 2.95. The Balaban J connectivity index is 2.26. The minimum Gasteiger partial charge on any atom is -0.330 e. The lowest BCUT2D eigenvalue weighted by Crippen LogP contribution is -2.32. The predicted molar refractivity (Wildman–Crippen MR) is 62.0 cm³/mol. The third-order valence-electron chi connectivity index (χ3n) is 2.90.